The van der Waals surface area contributed by atoms with E-state index in [-0.39, 0.29) is 12.5 Å². The van der Waals surface area contributed by atoms with Crippen molar-refractivity contribution in [2.45, 2.75) is 19.4 Å². The predicted molar refractivity (Wildman–Crippen MR) is 55.7 cm³/mol. The molecule has 2 rings (SSSR count). The topological polar surface area (TPSA) is 98.7 Å². The molecule has 17 heavy (non-hydrogen) atoms. The summed E-state index contributed by atoms with van der Waals surface area (Å²) in [4.78, 5) is 11.4. The van der Waals surface area contributed by atoms with Gasteiger partial charge in [0.25, 0.3) is 0 Å². The third kappa shape index (κ3) is 3.67. The van der Waals surface area contributed by atoms with E-state index in [1.54, 1.807) is 12.5 Å². The predicted octanol–water partition coefficient (Wildman–Crippen LogP) is -0.590. The molecule has 0 aliphatic rings. The molecular formula is C9H12N6O2. The van der Waals surface area contributed by atoms with Crippen molar-refractivity contribution >= 4 is 5.91 Å². The van der Waals surface area contributed by atoms with E-state index in [0.717, 1.165) is 18.4 Å². The van der Waals surface area contributed by atoms with Crippen LogP contribution in [0.1, 0.15) is 12.0 Å². The van der Waals surface area contributed by atoms with Gasteiger partial charge < -0.3 is 9.84 Å². The van der Waals surface area contributed by atoms with E-state index < -0.39 is 0 Å². The number of carbonyl (C=O) groups excluding carboxylic acids is 1. The van der Waals surface area contributed by atoms with Crippen LogP contribution in [0, 0.1) is 0 Å². The molecule has 0 saturated carbocycles. The minimum absolute atomic E-state index is 0.109. The molecule has 8 heteroatoms. The molecule has 0 aliphatic heterocycles. The molecule has 8 nitrogen and oxygen atoms in total. The molecule has 0 saturated heterocycles. The Balaban J connectivity index is 1.60. The van der Waals surface area contributed by atoms with E-state index in [9.17, 15) is 4.79 Å². The van der Waals surface area contributed by atoms with Crippen LogP contribution in [0.4, 0.5) is 0 Å². The first-order chi connectivity index (χ1) is 8.34. The van der Waals surface area contributed by atoms with Crippen molar-refractivity contribution < 1.29 is 9.32 Å². The Bertz CT molecular complexity index is 438. The van der Waals surface area contributed by atoms with E-state index in [4.69, 9.17) is 4.52 Å². The number of hydrogen-bond donors (Lipinski definition) is 1. The van der Waals surface area contributed by atoms with Crippen molar-refractivity contribution in [3.8, 4) is 0 Å². The van der Waals surface area contributed by atoms with E-state index in [0.29, 0.717) is 6.54 Å². The summed E-state index contributed by atoms with van der Waals surface area (Å²) in [6, 6.07) is 0. The Morgan fingerprint density at radius 1 is 1.53 bits per heavy atom. The van der Waals surface area contributed by atoms with E-state index >= 15 is 0 Å². The fourth-order valence-corrected chi connectivity index (χ4v) is 1.33. The maximum atomic E-state index is 11.4. The van der Waals surface area contributed by atoms with Crippen LogP contribution in [0.3, 0.4) is 0 Å². The number of carbonyl (C=O) groups is 1. The molecule has 2 heterocycles. The summed E-state index contributed by atoms with van der Waals surface area (Å²) >= 11 is 0. The highest BCUT2D eigenvalue weighted by molar-refractivity contribution is 5.75. The van der Waals surface area contributed by atoms with Crippen LogP contribution in [0.15, 0.2) is 23.3 Å². The van der Waals surface area contributed by atoms with Crippen molar-refractivity contribution in [1.82, 2.24) is 30.7 Å². The summed E-state index contributed by atoms with van der Waals surface area (Å²) in [6.07, 6.45) is 6.33. The van der Waals surface area contributed by atoms with Crippen molar-refractivity contribution in [2.75, 3.05) is 6.54 Å². The highest BCUT2D eigenvalue weighted by Crippen LogP contribution is 1.99. The lowest BCUT2D eigenvalue weighted by Crippen LogP contribution is -2.28. The summed E-state index contributed by atoms with van der Waals surface area (Å²) in [5, 5.41) is 16.9. The van der Waals surface area contributed by atoms with Crippen LogP contribution in [-0.2, 0) is 17.8 Å². The van der Waals surface area contributed by atoms with Crippen molar-refractivity contribution in [3.05, 3.63) is 24.4 Å². The van der Waals surface area contributed by atoms with Gasteiger partial charge in [-0.1, -0.05) is 5.16 Å². The second-order valence-electron chi connectivity index (χ2n) is 3.49. The van der Waals surface area contributed by atoms with Gasteiger partial charge in [-0.05, 0) is 23.3 Å². The lowest BCUT2D eigenvalue weighted by atomic mass is 10.2. The molecule has 1 N–H and O–H groups in total. The van der Waals surface area contributed by atoms with Gasteiger partial charge in [0.05, 0.1) is 6.20 Å². The molecule has 2 aromatic heterocycles. The van der Waals surface area contributed by atoms with E-state index in [2.05, 4.69) is 26.0 Å². The molecule has 2 aromatic rings. The first kappa shape index (κ1) is 11.2. The first-order valence-corrected chi connectivity index (χ1v) is 5.20. The van der Waals surface area contributed by atoms with Gasteiger partial charge in [-0.15, -0.1) is 5.10 Å². The van der Waals surface area contributed by atoms with Crippen molar-refractivity contribution in [3.63, 3.8) is 0 Å². The van der Waals surface area contributed by atoms with Crippen LogP contribution in [0.5, 0.6) is 0 Å². The number of amides is 1. The Morgan fingerprint density at radius 2 is 2.47 bits per heavy atom. The average molecular weight is 236 g/mol. The van der Waals surface area contributed by atoms with Gasteiger partial charge in [0, 0.05) is 12.1 Å². The zero-order valence-corrected chi connectivity index (χ0v) is 9.11. The Labute approximate surface area is 97.0 Å². The third-order valence-electron chi connectivity index (χ3n) is 2.14. The minimum Gasteiger partial charge on any atom is -0.364 e. The molecular weight excluding hydrogens is 224 g/mol. The number of nitrogens with one attached hydrogen (secondary N) is 1. The lowest BCUT2D eigenvalue weighted by Gasteiger charge is -2.03. The van der Waals surface area contributed by atoms with Crippen LogP contribution in [0.2, 0.25) is 0 Å². The molecule has 1 amide bonds. The van der Waals surface area contributed by atoms with Gasteiger partial charge in [0.1, 0.15) is 19.1 Å². The Kier molecular flexibility index (Phi) is 3.79. The highest BCUT2D eigenvalue weighted by Gasteiger charge is 2.03. The van der Waals surface area contributed by atoms with Crippen molar-refractivity contribution in [1.29, 1.82) is 0 Å². The largest absolute Gasteiger partial charge is 0.364 e. The molecule has 0 fully saturated rings. The molecule has 0 spiro atoms. The number of hydrogen-bond acceptors (Lipinski definition) is 6. The monoisotopic (exact) mass is 236 g/mol. The maximum Gasteiger partial charge on any atom is 0.241 e. The van der Waals surface area contributed by atoms with Gasteiger partial charge in [-0.2, -0.15) is 0 Å². The Hall–Kier alpha value is -2.25. The van der Waals surface area contributed by atoms with Gasteiger partial charge in [0.2, 0.25) is 5.91 Å². The summed E-state index contributed by atoms with van der Waals surface area (Å²) in [5.41, 5.74) is 1.03. The molecule has 90 valence electrons. The van der Waals surface area contributed by atoms with Gasteiger partial charge >= 0.3 is 0 Å². The first-order valence-electron chi connectivity index (χ1n) is 5.20. The second kappa shape index (κ2) is 5.73. The normalized spacial score (nSPS) is 10.4. The van der Waals surface area contributed by atoms with Crippen molar-refractivity contribution in [2.24, 2.45) is 0 Å². The number of aromatic nitrogens is 5. The maximum absolute atomic E-state index is 11.4. The van der Waals surface area contributed by atoms with Crippen LogP contribution < -0.4 is 5.32 Å². The Morgan fingerprint density at radius 3 is 3.18 bits per heavy atom. The average Bonchev–Trinajstić information content (AvgIpc) is 2.96. The van der Waals surface area contributed by atoms with Gasteiger partial charge in [-0.3, -0.25) is 4.79 Å². The van der Waals surface area contributed by atoms with E-state index in [1.165, 1.54) is 11.0 Å². The van der Waals surface area contributed by atoms with Gasteiger partial charge in [0.15, 0.2) is 0 Å². The fraction of sp³-hybridized carbons (Fsp3) is 0.444. The minimum atomic E-state index is -0.109. The zero-order chi connectivity index (χ0) is 11.9. The quantitative estimate of drug-likeness (QED) is 0.673. The number of rotatable bonds is 6. The zero-order valence-electron chi connectivity index (χ0n) is 9.11. The molecule has 0 atom stereocenters. The summed E-state index contributed by atoms with van der Waals surface area (Å²) < 4.78 is 6.07. The number of aryl methyl sites for hydroxylation is 1. The lowest BCUT2D eigenvalue weighted by molar-refractivity contribution is -0.121. The third-order valence-corrected chi connectivity index (χ3v) is 2.14. The molecule has 0 aromatic carbocycles. The van der Waals surface area contributed by atoms with Gasteiger partial charge in [-0.25, -0.2) is 4.68 Å². The smallest absolute Gasteiger partial charge is 0.241 e. The molecule has 0 aliphatic carbocycles. The second-order valence-corrected chi connectivity index (χ2v) is 3.49. The number of nitrogens with zero attached hydrogens (tertiary/aromatic N) is 5. The SMILES string of the molecule is O=C(Cn1cnnn1)NCCCc1cnoc1. The summed E-state index contributed by atoms with van der Waals surface area (Å²) in [6.45, 7) is 0.742. The van der Waals surface area contributed by atoms with Crippen LogP contribution in [0.25, 0.3) is 0 Å². The molecule has 0 unspecified atom stereocenters. The highest BCUT2D eigenvalue weighted by atomic mass is 16.5. The standard InChI is InChI=1S/C9H12N6O2/c16-9(5-15-7-11-13-14-15)10-3-1-2-8-4-12-17-6-8/h4,6-7H,1-3,5H2,(H,10,16). The number of tetrazole rings is 1. The summed E-state index contributed by atoms with van der Waals surface area (Å²) in [7, 11) is 0. The fourth-order valence-electron chi connectivity index (χ4n) is 1.33. The molecule has 0 bridgehead atoms. The van der Waals surface area contributed by atoms with Crippen LogP contribution >= 0.6 is 0 Å². The molecule has 0 radical (unpaired) electrons. The van der Waals surface area contributed by atoms with E-state index in [1.807, 2.05) is 0 Å². The van der Waals surface area contributed by atoms with Crippen LogP contribution in [-0.4, -0.2) is 37.8 Å². The summed E-state index contributed by atoms with van der Waals surface area (Å²) in [5.74, 6) is -0.109.